The third-order valence-corrected chi connectivity index (χ3v) is 8.43. The number of nitrogens with zero attached hydrogens (tertiary/aromatic N) is 3. The highest BCUT2D eigenvalue weighted by atomic mass is 19.4. The summed E-state index contributed by atoms with van der Waals surface area (Å²) < 4.78 is 47.8. The lowest BCUT2D eigenvalue weighted by Gasteiger charge is -2.32. The van der Waals surface area contributed by atoms with Gasteiger partial charge in [-0.15, -0.1) is 0 Å². The first kappa shape index (κ1) is 27.5. The largest absolute Gasteiger partial charge is 0.490 e. The standard InChI is InChI=1S/C29H37F3N4O3/c1-19(37)33-21-14-16-35(17-15-21)28(38)27-23-5-4-7-25(23)36(34-27)18-13-20-9-11-22(12-10-20)39-26-8-3-2-6-24(26)29(30,31)32/h2-3,6,8,20-22H,4-5,7,9-18H2,1H3,(H,33,37). The molecule has 2 aliphatic carbocycles. The molecule has 1 aromatic carbocycles. The number of halogens is 3. The molecular weight excluding hydrogens is 509 g/mol. The molecule has 39 heavy (non-hydrogen) atoms. The molecule has 1 saturated heterocycles. The van der Waals surface area contributed by atoms with Crippen LogP contribution in [0.15, 0.2) is 24.3 Å². The number of hydrogen-bond donors (Lipinski definition) is 1. The predicted octanol–water partition coefficient (Wildman–Crippen LogP) is 5.16. The maximum Gasteiger partial charge on any atom is 0.419 e. The Balaban J connectivity index is 1.14. The van der Waals surface area contributed by atoms with E-state index in [0.717, 1.165) is 82.4 Å². The molecule has 2 fully saturated rings. The lowest BCUT2D eigenvalue weighted by Crippen LogP contribution is -2.46. The fourth-order valence-corrected chi connectivity index (χ4v) is 6.36. The molecule has 2 amide bonds. The molecule has 2 aromatic rings. The second-order valence-electron chi connectivity index (χ2n) is 11.2. The summed E-state index contributed by atoms with van der Waals surface area (Å²) in [5.41, 5.74) is 2.12. The molecule has 1 N–H and O–H groups in total. The Morgan fingerprint density at radius 3 is 2.46 bits per heavy atom. The van der Waals surface area contributed by atoms with Gasteiger partial charge in [0.25, 0.3) is 5.91 Å². The van der Waals surface area contributed by atoms with E-state index in [1.807, 2.05) is 9.58 Å². The molecule has 2 heterocycles. The van der Waals surface area contributed by atoms with E-state index in [4.69, 9.17) is 9.84 Å². The van der Waals surface area contributed by atoms with Crippen molar-refractivity contribution in [3.05, 3.63) is 46.8 Å². The summed E-state index contributed by atoms with van der Waals surface area (Å²) in [5, 5.41) is 7.73. The normalized spacial score (nSPS) is 22.0. The van der Waals surface area contributed by atoms with Crippen molar-refractivity contribution in [3.8, 4) is 5.75 Å². The molecule has 3 aliphatic rings. The van der Waals surface area contributed by atoms with Crippen LogP contribution in [0.5, 0.6) is 5.75 Å². The number of hydrogen-bond acceptors (Lipinski definition) is 4. The number of aryl methyl sites for hydroxylation is 1. The summed E-state index contributed by atoms with van der Waals surface area (Å²) in [6.07, 6.45) is 3.88. The summed E-state index contributed by atoms with van der Waals surface area (Å²) in [5.74, 6) is 0.321. The molecule has 0 atom stereocenters. The fourth-order valence-electron chi connectivity index (χ4n) is 6.36. The molecule has 212 valence electrons. The van der Waals surface area contributed by atoms with E-state index in [0.29, 0.717) is 24.7 Å². The van der Waals surface area contributed by atoms with Gasteiger partial charge >= 0.3 is 6.18 Å². The van der Waals surface area contributed by atoms with Crippen LogP contribution in [0.3, 0.4) is 0 Å². The number of benzene rings is 1. The minimum Gasteiger partial charge on any atom is -0.490 e. The minimum absolute atomic E-state index is 0.00929. The van der Waals surface area contributed by atoms with Gasteiger partial charge in [0, 0.05) is 43.9 Å². The number of fused-ring (bicyclic) bond motifs is 1. The number of likely N-dealkylation sites (tertiary alicyclic amines) is 1. The van der Waals surface area contributed by atoms with Crippen LogP contribution in [0.2, 0.25) is 0 Å². The molecule has 7 nitrogen and oxygen atoms in total. The first-order chi connectivity index (χ1) is 18.7. The highest BCUT2D eigenvalue weighted by Crippen LogP contribution is 2.38. The third kappa shape index (κ3) is 6.41. The third-order valence-electron chi connectivity index (χ3n) is 8.43. The Labute approximate surface area is 227 Å². The van der Waals surface area contributed by atoms with E-state index in [9.17, 15) is 22.8 Å². The van der Waals surface area contributed by atoms with Crippen LogP contribution in [0, 0.1) is 5.92 Å². The van der Waals surface area contributed by atoms with Crippen LogP contribution in [0.1, 0.15) is 85.6 Å². The lowest BCUT2D eigenvalue weighted by atomic mass is 9.85. The second-order valence-corrected chi connectivity index (χ2v) is 11.2. The number of para-hydroxylation sites is 1. The van der Waals surface area contributed by atoms with Gasteiger partial charge in [-0.1, -0.05) is 12.1 Å². The zero-order chi connectivity index (χ0) is 27.6. The van der Waals surface area contributed by atoms with Crippen molar-refractivity contribution in [2.75, 3.05) is 13.1 Å². The maximum atomic E-state index is 13.4. The highest BCUT2D eigenvalue weighted by molar-refractivity contribution is 5.94. The number of carbonyl (C=O) groups excluding carboxylic acids is 2. The molecule has 1 saturated carbocycles. The number of aromatic nitrogens is 2. The summed E-state index contributed by atoms with van der Waals surface area (Å²) in [6, 6.07) is 5.54. The summed E-state index contributed by atoms with van der Waals surface area (Å²) in [4.78, 5) is 26.6. The zero-order valence-electron chi connectivity index (χ0n) is 22.4. The second kappa shape index (κ2) is 11.6. The average molecular weight is 547 g/mol. The van der Waals surface area contributed by atoms with Crippen molar-refractivity contribution in [2.24, 2.45) is 5.92 Å². The van der Waals surface area contributed by atoms with Crippen molar-refractivity contribution < 1.29 is 27.5 Å². The van der Waals surface area contributed by atoms with E-state index < -0.39 is 11.7 Å². The smallest absolute Gasteiger partial charge is 0.419 e. The van der Waals surface area contributed by atoms with Crippen molar-refractivity contribution in [3.63, 3.8) is 0 Å². The number of alkyl halides is 3. The monoisotopic (exact) mass is 546 g/mol. The van der Waals surface area contributed by atoms with Crippen molar-refractivity contribution in [1.29, 1.82) is 0 Å². The molecule has 0 unspecified atom stereocenters. The topological polar surface area (TPSA) is 76.5 Å². The zero-order valence-corrected chi connectivity index (χ0v) is 22.4. The number of carbonyl (C=O) groups is 2. The van der Waals surface area contributed by atoms with Crippen LogP contribution < -0.4 is 10.1 Å². The molecule has 5 rings (SSSR count). The quantitative estimate of drug-likeness (QED) is 0.521. The Morgan fingerprint density at radius 2 is 1.77 bits per heavy atom. The number of ether oxygens (including phenoxy) is 1. The molecule has 0 spiro atoms. The van der Waals surface area contributed by atoms with Crippen molar-refractivity contribution in [1.82, 2.24) is 20.0 Å². The lowest BCUT2D eigenvalue weighted by molar-refractivity contribution is -0.139. The van der Waals surface area contributed by atoms with Gasteiger partial charge in [-0.2, -0.15) is 18.3 Å². The van der Waals surface area contributed by atoms with Crippen LogP contribution in [-0.4, -0.2) is 51.7 Å². The summed E-state index contributed by atoms with van der Waals surface area (Å²) in [6.45, 7) is 3.49. The Morgan fingerprint density at radius 1 is 1.05 bits per heavy atom. The van der Waals surface area contributed by atoms with E-state index in [1.165, 1.54) is 24.8 Å². The Hall–Kier alpha value is -3.04. The van der Waals surface area contributed by atoms with Gasteiger partial charge in [-0.3, -0.25) is 14.3 Å². The Kier molecular flexibility index (Phi) is 8.19. The molecule has 1 aliphatic heterocycles. The van der Waals surface area contributed by atoms with E-state index >= 15 is 0 Å². The van der Waals surface area contributed by atoms with Gasteiger partial charge in [0.2, 0.25) is 5.91 Å². The van der Waals surface area contributed by atoms with Gasteiger partial charge in [0.15, 0.2) is 5.69 Å². The predicted molar refractivity (Wildman–Crippen MR) is 139 cm³/mol. The van der Waals surface area contributed by atoms with E-state index in [1.54, 1.807) is 6.07 Å². The van der Waals surface area contributed by atoms with E-state index in [2.05, 4.69) is 5.32 Å². The van der Waals surface area contributed by atoms with Crippen molar-refractivity contribution in [2.45, 2.75) is 96.0 Å². The molecule has 0 bridgehead atoms. The van der Waals surface area contributed by atoms with Gasteiger partial charge < -0.3 is 15.0 Å². The molecule has 0 radical (unpaired) electrons. The maximum absolute atomic E-state index is 13.4. The first-order valence-electron chi connectivity index (χ1n) is 14.2. The number of amides is 2. The van der Waals surface area contributed by atoms with Crippen LogP contribution in [0.25, 0.3) is 0 Å². The number of rotatable bonds is 7. The van der Waals surface area contributed by atoms with Gasteiger partial charge in [-0.25, -0.2) is 0 Å². The van der Waals surface area contributed by atoms with Crippen LogP contribution in [-0.2, 0) is 30.4 Å². The SMILES string of the molecule is CC(=O)NC1CCN(C(=O)c2nn(CCC3CCC(Oc4ccccc4C(F)(F)F)CC3)c3c2CCC3)CC1. The van der Waals surface area contributed by atoms with Crippen molar-refractivity contribution >= 4 is 11.8 Å². The summed E-state index contributed by atoms with van der Waals surface area (Å²) in [7, 11) is 0. The van der Waals surface area contributed by atoms with Gasteiger partial charge in [0.1, 0.15) is 5.75 Å². The van der Waals surface area contributed by atoms with Gasteiger partial charge in [-0.05, 0) is 82.3 Å². The molecule has 1 aromatic heterocycles. The molecular formula is C29H37F3N4O3. The molecule has 10 heteroatoms. The average Bonchev–Trinajstić information content (AvgIpc) is 3.51. The van der Waals surface area contributed by atoms with Crippen LogP contribution >= 0.6 is 0 Å². The van der Waals surface area contributed by atoms with Crippen LogP contribution in [0.4, 0.5) is 13.2 Å². The number of piperidine rings is 1. The Bertz CT molecular complexity index is 1180. The van der Waals surface area contributed by atoms with E-state index in [-0.39, 0.29) is 29.7 Å². The minimum atomic E-state index is -4.43. The number of nitrogens with one attached hydrogen (secondary N) is 1. The first-order valence-corrected chi connectivity index (χ1v) is 14.2. The fraction of sp³-hybridized carbons (Fsp3) is 0.621. The van der Waals surface area contributed by atoms with Gasteiger partial charge in [0.05, 0.1) is 11.7 Å². The highest BCUT2D eigenvalue weighted by Gasteiger charge is 2.35. The summed E-state index contributed by atoms with van der Waals surface area (Å²) >= 11 is 0.